The lowest BCUT2D eigenvalue weighted by atomic mass is 10.1. The fourth-order valence-electron chi connectivity index (χ4n) is 4.16. The van der Waals surface area contributed by atoms with E-state index in [0.29, 0.717) is 18.9 Å². The number of phenols is 2. The maximum Gasteiger partial charge on any atom is 0.260 e. The molecule has 0 saturated heterocycles. The quantitative estimate of drug-likeness (QED) is 0.410. The minimum Gasteiger partial charge on any atom is -0.508 e. The predicted molar refractivity (Wildman–Crippen MR) is 122 cm³/mol. The van der Waals surface area contributed by atoms with E-state index in [2.05, 4.69) is 10.4 Å². The number of benzene rings is 3. The largest absolute Gasteiger partial charge is 0.508 e. The molecular weight excluding hydrogens is 442 g/mol. The molecule has 0 unspecified atom stereocenters. The average Bonchev–Trinajstić information content (AvgIpc) is 3.36. The average molecular weight is 462 g/mol. The minimum absolute atomic E-state index is 0.0366. The second-order valence-corrected chi connectivity index (χ2v) is 8.08. The number of nitrogens with one attached hydrogen (secondary N) is 1. The maximum absolute atomic E-state index is 14.2. The summed E-state index contributed by atoms with van der Waals surface area (Å²) < 4.78 is 29.8. The van der Waals surface area contributed by atoms with Gasteiger partial charge in [0.25, 0.3) is 5.91 Å². The number of hydrogen-bond donors (Lipinski definition) is 3. The number of anilines is 2. The van der Waals surface area contributed by atoms with Crippen molar-refractivity contribution in [3.63, 3.8) is 0 Å². The Morgan fingerprint density at radius 2 is 1.62 bits per heavy atom. The summed E-state index contributed by atoms with van der Waals surface area (Å²) in [5, 5.41) is 27.8. The van der Waals surface area contributed by atoms with Gasteiger partial charge in [0.2, 0.25) is 0 Å². The highest BCUT2D eigenvalue weighted by molar-refractivity contribution is 6.03. The van der Waals surface area contributed by atoms with E-state index in [9.17, 15) is 23.8 Å². The lowest BCUT2D eigenvalue weighted by Gasteiger charge is -2.19. The van der Waals surface area contributed by atoms with Crippen molar-refractivity contribution >= 4 is 17.4 Å². The molecule has 0 fully saturated rings. The molecule has 2 heterocycles. The molecule has 0 atom stereocenters. The number of carbonyl (C=O) groups excluding carboxylic acids is 1. The van der Waals surface area contributed by atoms with Crippen molar-refractivity contribution in [2.75, 3.05) is 5.32 Å². The van der Waals surface area contributed by atoms with E-state index < -0.39 is 23.3 Å². The lowest BCUT2D eigenvalue weighted by molar-refractivity contribution is 0.0749. The van der Waals surface area contributed by atoms with Crippen LogP contribution in [0.25, 0.3) is 11.3 Å². The summed E-state index contributed by atoms with van der Waals surface area (Å²) in [5.74, 6) is -2.32. The first-order valence-electron chi connectivity index (χ1n) is 10.5. The first-order chi connectivity index (χ1) is 16.3. The molecule has 0 radical (unpaired) electrons. The van der Waals surface area contributed by atoms with E-state index in [1.54, 1.807) is 11.9 Å². The maximum atomic E-state index is 14.2. The number of hydrogen-bond acceptors (Lipinski definition) is 5. The van der Waals surface area contributed by atoms with Crippen LogP contribution in [0.3, 0.4) is 0 Å². The molecule has 1 aliphatic rings. The zero-order chi connectivity index (χ0) is 24.0. The number of phenolic OH excluding ortho intramolecular Hbond substituents is 2. The molecule has 34 heavy (non-hydrogen) atoms. The van der Waals surface area contributed by atoms with Crippen LogP contribution in [-0.4, -0.2) is 30.8 Å². The number of amides is 1. The Kier molecular flexibility index (Phi) is 5.16. The molecular formula is C25H20F2N4O3. The molecule has 3 aromatic carbocycles. The zero-order valence-corrected chi connectivity index (χ0v) is 18.1. The fraction of sp³-hybridized carbons (Fsp3) is 0.120. The molecule has 0 spiro atoms. The number of carbonyl (C=O) groups is 1. The van der Waals surface area contributed by atoms with Crippen LogP contribution in [0, 0.1) is 11.6 Å². The SMILES string of the molecule is Cn1nc(-c2c(F)cccc2F)cc1Nc1cc(O)cc(O)c1C(=O)N1Cc2ccccc2C1. The fourth-order valence-corrected chi connectivity index (χ4v) is 4.16. The van der Waals surface area contributed by atoms with Crippen LogP contribution in [0.4, 0.5) is 20.3 Å². The van der Waals surface area contributed by atoms with Gasteiger partial charge in [0.1, 0.15) is 40.2 Å². The van der Waals surface area contributed by atoms with Crippen molar-refractivity contribution in [3.05, 3.63) is 89.0 Å². The predicted octanol–water partition coefficient (Wildman–Crippen LogP) is 4.68. The molecule has 4 aromatic rings. The Balaban J connectivity index is 1.50. The summed E-state index contributed by atoms with van der Waals surface area (Å²) in [7, 11) is 1.56. The monoisotopic (exact) mass is 462 g/mol. The number of aryl methyl sites for hydroxylation is 1. The Morgan fingerprint density at radius 1 is 0.971 bits per heavy atom. The molecule has 5 rings (SSSR count). The number of aromatic hydroxyl groups is 2. The Morgan fingerprint density at radius 3 is 2.26 bits per heavy atom. The van der Waals surface area contributed by atoms with E-state index in [0.717, 1.165) is 29.3 Å². The topological polar surface area (TPSA) is 90.6 Å². The Labute approximate surface area is 193 Å². The first-order valence-corrected chi connectivity index (χ1v) is 10.5. The first kappa shape index (κ1) is 21.4. The number of halogens is 2. The number of aromatic nitrogens is 2. The number of rotatable bonds is 4. The van der Waals surface area contributed by atoms with E-state index in [4.69, 9.17) is 0 Å². The van der Waals surface area contributed by atoms with Crippen molar-refractivity contribution in [1.29, 1.82) is 0 Å². The van der Waals surface area contributed by atoms with Crippen molar-refractivity contribution in [1.82, 2.24) is 14.7 Å². The third-order valence-corrected chi connectivity index (χ3v) is 5.81. The van der Waals surface area contributed by atoms with Gasteiger partial charge in [-0.05, 0) is 23.3 Å². The second-order valence-electron chi connectivity index (χ2n) is 8.08. The van der Waals surface area contributed by atoms with E-state index in [1.807, 2.05) is 24.3 Å². The molecule has 3 N–H and O–H groups in total. The third-order valence-electron chi connectivity index (χ3n) is 5.81. The molecule has 7 nitrogen and oxygen atoms in total. The van der Waals surface area contributed by atoms with Crippen LogP contribution in [0.1, 0.15) is 21.5 Å². The lowest BCUT2D eigenvalue weighted by Crippen LogP contribution is -2.26. The highest BCUT2D eigenvalue weighted by atomic mass is 19.1. The second kappa shape index (κ2) is 8.18. The van der Waals surface area contributed by atoms with Gasteiger partial charge < -0.3 is 20.4 Å². The summed E-state index contributed by atoms with van der Waals surface area (Å²) >= 11 is 0. The van der Waals surface area contributed by atoms with Crippen LogP contribution in [0.2, 0.25) is 0 Å². The van der Waals surface area contributed by atoms with Crippen LogP contribution in [-0.2, 0) is 20.1 Å². The van der Waals surface area contributed by atoms with Gasteiger partial charge in [0.15, 0.2) is 0 Å². The molecule has 172 valence electrons. The van der Waals surface area contributed by atoms with Crippen LogP contribution in [0.15, 0.2) is 60.7 Å². The summed E-state index contributed by atoms with van der Waals surface area (Å²) in [6.45, 7) is 0.772. The van der Waals surface area contributed by atoms with Gasteiger partial charge in [0, 0.05) is 38.3 Å². The summed E-state index contributed by atoms with van der Waals surface area (Å²) in [4.78, 5) is 15.0. The summed E-state index contributed by atoms with van der Waals surface area (Å²) in [6, 6.07) is 15.0. The van der Waals surface area contributed by atoms with Gasteiger partial charge in [-0.25, -0.2) is 8.78 Å². The van der Waals surface area contributed by atoms with Crippen molar-refractivity contribution in [3.8, 4) is 22.8 Å². The third kappa shape index (κ3) is 3.71. The number of fused-ring (bicyclic) bond motifs is 1. The van der Waals surface area contributed by atoms with Gasteiger partial charge in [-0.1, -0.05) is 30.3 Å². The smallest absolute Gasteiger partial charge is 0.260 e. The molecule has 0 aliphatic carbocycles. The van der Waals surface area contributed by atoms with E-state index in [-0.39, 0.29) is 28.3 Å². The molecule has 1 aromatic heterocycles. The van der Waals surface area contributed by atoms with Crippen LogP contribution < -0.4 is 5.32 Å². The molecule has 0 saturated carbocycles. The normalized spacial score (nSPS) is 12.6. The van der Waals surface area contributed by atoms with Gasteiger partial charge in [-0.15, -0.1) is 0 Å². The molecule has 9 heteroatoms. The van der Waals surface area contributed by atoms with Gasteiger partial charge in [-0.2, -0.15) is 5.10 Å². The van der Waals surface area contributed by atoms with E-state index >= 15 is 0 Å². The molecule has 0 bridgehead atoms. The highest BCUT2D eigenvalue weighted by Gasteiger charge is 2.29. The van der Waals surface area contributed by atoms with Gasteiger partial charge in [-0.3, -0.25) is 9.48 Å². The van der Waals surface area contributed by atoms with Crippen LogP contribution >= 0.6 is 0 Å². The van der Waals surface area contributed by atoms with Crippen LogP contribution in [0.5, 0.6) is 11.5 Å². The molecule has 1 aliphatic heterocycles. The van der Waals surface area contributed by atoms with Gasteiger partial charge in [0.05, 0.1) is 11.3 Å². The van der Waals surface area contributed by atoms with E-state index in [1.165, 1.54) is 22.9 Å². The number of nitrogens with zero attached hydrogens (tertiary/aromatic N) is 3. The minimum atomic E-state index is -0.760. The summed E-state index contributed by atoms with van der Waals surface area (Å²) in [5.41, 5.74) is 1.90. The highest BCUT2D eigenvalue weighted by Crippen LogP contribution is 2.37. The summed E-state index contributed by atoms with van der Waals surface area (Å²) in [6.07, 6.45) is 0. The van der Waals surface area contributed by atoms with Crippen molar-refractivity contribution in [2.45, 2.75) is 13.1 Å². The Bertz CT molecular complexity index is 1390. The Hall–Kier alpha value is -4.40. The van der Waals surface area contributed by atoms with Crippen molar-refractivity contribution < 1.29 is 23.8 Å². The van der Waals surface area contributed by atoms with Crippen molar-refractivity contribution in [2.24, 2.45) is 7.05 Å². The standard InChI is InChI=1S/C25H20F2N4O3/c1-30-22(11-20(29-30)23-17(26)7-4-8-18(23)27)28-19-9-16(32)10-21(33)24(19)25(34)31-12-14-5-2-3-6-15(14)13-31/h2-11,28,32-33H,12-13H2,1H3. The van der Waals surface area contributed by atoms with Gasteiger partial charge >= 0.3 is 0 Å². The zero-order valence-electron chi connectivity index (χ0n) is 18.1. The molecule has 1 amide bonds.